The van der Waals surface area contributed by atoms with Crippen LogP contribution < -0.4 is 0 Å². The van der Waals surface area contributed by atoms with Gasteiger partial charge in [-0.15, -0.1) is 0 Å². The topological polar surface area (TPSA) is 108 Å². The summed E-state index contributed by atoms with van der Waals surface area (Å²) in [6.07, 6.45) is 8.94. The van der Waals surface area contributed by atoms with Gasteiger partial charge in [-0.05, 0) is 39.8 Å². The minimum Gasteiger partial charge on any atom is -0.457 e. The van der Waals surface area contributed by atoms with E-state index >= 15 is 4.57 Å². The van der Waals surface area contributed by atoms with E-state index < -0.39 is 50.4 Å². The van der Waals surface area contributed by atoms with Crippen molar-refractivity contribution in [2.75, 3.05) is 0 Å². The number of esters is 1. The summed E-state index contributed by atoms with van der Waals surface area (Å²) < 4.78 is 70.1. The summed E-state index contributed by atoms with van der Waals surface area (Å²) in [5.74, 6) is -0.442. The first-order valence-electron chi connectivity index (χ1n) is 27.4. The zero-order chi connectivity index (χ0) is 52.0. The molecule has 0 saturated heterocycles. The van der Waals surface area contributed by atoms with Gasteiger partial charge in [-0.1, -0.05) is 266 Å². The van der Waals surface area contributed by atoms with E-state index in [0.29, 0.717) is 6.42 Å². The molecule has 7 rings (SSSR count). The van der Waals surface area contributed by atoms with E-state index in [4.69, 9.17) is 37.3 Å². The molecular weight excluding hydrogens is 960 g/mol. The highest BCUT2D eigenvalue weighted by Crippen LogP contribution is 2.55. The summed E-state index contributed by atoms with van der Waals surface area (Å²) in [5.41, 5.74) is 5.12. The maximum absolute atomic E-state index is 15.7. The summed E-state index contributed by atoms with van der Waals surface area (Å²) in [4.78, 5) is 14.6. The Morgan fingerprint density at radius 3 is 0.933 bits per heavy atom. The Morgan fingerprint density at radius 2 is 0.613 bits per heavy atom. The Balaban J connectivity index is 1.23. The van der Waals surface area contributed by atoms with E-state index in [0.717, 1.165) is 52.6 Å². The summed E-state index contributed by atoms with van der Waals surface area (Å²) in [6.45, 7) is 2.65. The first kappa shape index (κ1) is 57.4. The van der Waals surface area contributed by atoms with Gasteiger partial charge in [-0.25, -0.2) is 4.57 Å². The average molecular weight is 1040 g/mol. The third-order valence-corrected chi connectivity index (χ3v) is 14.9. The van der Waals surface area contributed by atoms with Gasteiger partial charge in [-0.2, -0.15) is 0 Å². The lowest BCUT2D eigenvalue weighted by atomic mass is 9.83. The van der Waals surface area contributed by atoms with Gasteiger partial charge in [-0.3, -0.25) is 18.4 Å². The quantitative estimate of drug-likeness (QED) is 0.0217. The number of carbonyl (C=O) groups excluding carboxylic acids is 1. The van der Waals surface area contributed by atoms with Crippen LogP contribution in [0.3, 0.4) is 0 Å². The molecule has 400 valence electrons. The zero-order valence-corrected chi connectivity index (χ0v) is 44.9. The number of rotatable bonds is 35. The number of unbranched alkanes of at least 4 members (excludes halogenated alkanes) is 12. The van der Waals surface area contributed by atoms with Crippen LogP contribution >= 0.6 is 7.82 Å². The summed E-state index contributed by atoms with van der Waals surface area (Å²) in [6, 6.07) is 58.2. The molecule has 0 N–H and O–H groups in total. The van der Waals surface area contributed by atoms with Crippen LogP contribution in [0, 0.1) is 0 Å². The first-order valence-corrected chi connectivity index (χ1v) is 28.9. The van der Waals surface area contributed by atoms with Crippen molar-refractivity contribution in [1.82, 2.24) is 0 Å². The van der Waals surface area contributed by atoms with Gasteiger partial charge < -0.3 is 23.7 Å². The van der Waals surface area contributed by atoms with Crippen LogP contribution in [0.4, 0.5) is 0 Å². The predicted molar refractivity (Wildman–Crippen MR) is 295 cm³/mol. The molecule has 0 spiro atoms. The number of hydrogen-bond donors (Lipinski definition) is 0. The summed E-state index contributed by atoms with van der Waals surface area (Å²) >= 11 is 0. The number of phosphoric acid groups is 1. The average Bonchev–Trinajstić information content (AvgIpc) is 3.46. The molecule has 11 heteroatoms. The summed E-state index contributed by atoms with van der Waals surface area (Å²) in [5, 5.41) is 0. The zero-order valence-electron chi connectivity index (χ0n) is 44.0. The molecule has 6 aromatic rings. The molecule has 0 aromatic heterocycles. The van der Waals surface area contributed by atoms with Crippen molar-refractivity contribution in [1.29, 1.82) is 0 Å². The van der Waals surface area contributed by atoms with Crippen molar-refractivity contribution in [2.45, 2.75) is 173 Å². The molecule has 6 atom stereocenters. The Bertz CT molecular complexity index is 2420. The van der Waals surface area contributed by atoms with E-state index in [1.165, 1.54) is 57.8 Å². The normalized spacial score (nSPS) is 18.7. The maximum atomic E-state index is 15.7. The second-order valence-electron chi connectivity index (χ2n) is 19.5. The SMILES string of the molecule is CCCCCCCCCCCCCCCC(=O)O[C@@H]1C(OCc2ccccc2)C(OCc2ccccc2)[C@H](OCc2ccccc2)[C@H](OCc2ccccc2)C1OP(=O)(OCc1ccccc1)OCc1ccccc1. The molecule has 6 aromatic carbocycles. The molecule has 0 heterocycles. The van der Waals surface area contributed by atoms with Crippen LogP contribution in [-0.2, 0) is 86.3 Å². The Morgan fingerprint density at radius 1 is 0.347 bits per heavy atom. The van der Waals surface area contributed by atoms with Crippen molar-refractivity contribution in [3.8, 4) is 0 Å². The highest BCUT2D eigenvalue weighted by atomic mass is 31.2. The lowest BCUT2D eigenvalue weighted by Crippen LogP contribution is -2.67. The van der Waals surface area contributed by atoms with Crippen LogP contribution in [0.15, 0.2) is 182 Å². The Hall–Kier alpha value is -5.26. The van der Waals surface area contributed by atoms with Gasteiger partial charge in [0.15, 0.2) is 6.10 Å². The Labute approximate surface area is 447 Å². The molecule has 1 aliphatic rings. The van der Waals surface area contributed by atoms with Gasteiger partial charge >= 0.3 is 13.8 Å². The molecular formula is C64H79O10P. The molecule has 1 saturated carbocycles. The van der Waals surface area contributed by atoms with Crippen molar-refractivity contribution < 1.29 is 46.6 Å². The number of hydrogen-bond acceptors (Lipinski definition) is 10. The van der Waals surface area contributed by atoms with E-state index in [1.807, 2.05) is 182 Å². The minimum absolute atomic E-state index is 0.0939. The van der Waals surface area contributed by atoms with Gasteiger partial charge in [0.1, 0.15) is 30.5 Å². The molecule has 75 heavy (non-hydrogen) atoms. The largest absolute Gasteiger partial charge is 0.475 e. The number of phosphoric ester groups is 1. The molecule has 0 radical (unpaired) electrons. The molecule has 3 unspecified atom stereocenters. The molecule has 1 aliphatic carbocycles. The molecule has 0 bridgehead atoms. The maximum Gasteiger partial charge on any atom is 0.475 e. The fourth-order valence-corrected chi connectivity index (χ4v) is 10.8. The van der Waals surface area contributed by atoms with Crippen LogP contribution in [0.2, 0.25) is 0 Å². The number of carbonyl (C=O) groups is 1. The fourth-order valence-electron chi connectivity index (χ4n) is 9.40. The fraction of sp³-hybridized carbons (Fsp3) is 0.422. The molecule has 1 fully saturated rings. The predicted octanol–water partition coefficient (Wildman–Crippen LogP) is 15.7. The standard InChI is InChI=1S/C64H79O10P/c1-2-3-4-5-6-7-8-9-10-11-12-13-32-45-58(65)73-63-61(69-48-54-37-24-16-25-38-54)59(67-46-52-33-20-14-21-34-52)60(68-47-53-35-22-15-23-36-53)62(70-49-55-39-26-17-27-40-55)64(63)74-75(66,71-50-56-41-28-18-29-42-56)72-51-57-43-30-19-31-44-57/h14-31,33-44,59-64H,2-13,32,45-51H2,1H3/t59?,60-,61?,62-,63+,64?/m0/s1. The monoisotopic (exact) mass is 1040 g/mol. The Kier molecular flexibility index (Phi) is 25.3. The van der Waals surface area contributed by atoms with Crippen LogP contribution in [-0.4, -0.2) is 42.6 Å². The van der Waals surface area contributed by atoms with Crippen molar-refractivity contribution >= 4 is 13.8 Å². The van der Waals surface area contributed by atoms with Gasteiger partial charge in [0.2, 0.25) is 0 Å². The van der Waals surface area contributed by atoms with Crippen molar-refractivity contribution in [2.24, 2.45) is 0 Å². The van der Waals surface area contributed by atoms with Crippen molar-refractivity contribution in [3.05, 3.63) is 215 Å². The van der Waals surface area contributed by atoms with Crippen LogP contribution in [0.1, 0.15) is 130 Å². The molecule has 0 aliphatic heterocycles. The third-order valence-electron chi connectivity index (χ3n) is 13.6. The number of ether oxygens (including phenoxy) is 5. The molecule has 10 nitrogen and oxygen atoms in total. The third kappa shape index (κ3) is 20.3. The van der Waals surface area contributed by atoms with Gasteiger partial charge in [0.05, 0.1) is 39.6 Å². The number of benzene rings is 6. The van der Waals surface area contributed by atoms with Gasteiger partial charge in [0.25, 0.3) is 0 Å². The second-order valence-corrected chi connectivity index (χ2v) is 21.1. The van der Waals surface area contributed by atoms with Gasteiger partial charge in [0, 0.05) is 6.42 Å². The highest BCUT2D eigenvalue weighted by Gasteiger charge is 2.58. The first-order chi connectivity index (χ1) is 37.0. The van der Waals surface area contributed by atoms with E-state index in [9.17, 15) is 4.79 Å². The van der Waals surface area contributed by atoms with Crippen molar-refractivity contribution in [3.63, 3.8) is 0 Å². The summed E-state index contributed by atoms with van der Waals surface area (Å²) in [7, 11) is -4.60. The van der Waals surface area contributed by atoms with Crippen LogP contribution in [0.5, 0.6) is 0 Å². The lowest BCUT2D eigenvalue weighted by molar-refractivity contribution is -0.275. The van der Waals surface area contributed by atoms with Crippen LogP contribution in [0.25, 0.3) is 0 Å². The van der Waals surface area contributed by atoms with E-state index in [2.05, 4.69) is 6.92 Å². The minimum atomic E-state index is -4.60. The highest BCUT2D eigenvalue weighted by molar-refractivity contribution is 7.48. The smallest absolute Gasteiger partial charge is 0.457 e. The molecule has 0 amide bonds. The lowest BCUT2D eigenvalue weighted by Gasteiger charge is -2.49. The van der Waals surface area contributed by atoms with E-state index in [-0.39, 0.29) is 46.1 Å². The van der Waals surface area contributed by atoms with E-state index in [1.54, 1.807) is 0 Å². The second kappa shape index (κ2) is 33.0.